The molecule has 0 amide bonds. The first-order chi connectivity index (χ1) is 9.61. The van der Waals surface area contributed by atoms with Crippen LogP contribution in [-0.4, -0.2) is 17.3 Å². The van der Waals surface area contributed by atoms with Crippen molar-refractivity contribution in [3.05, 3.63) is 59.4 Å². The Morgan fingerprint density at radius 2 is 2.05 bits per heavy atom. The number of carbonyl (C=O) groups is 1. The predicted molar refractivity (Wildman–Crippen MR) is 75.9 cm³/mol. The monoisotopic (exact) mass is 292 g/mol. The van der Waals surface area contributed by atoms with Crippen molar-refractivity contribution in [2.45, 2.75) is 11.5 Å². The highest BCUT2D eigenvalue weighted by atomic mass is 32.2. The molecule has 0 aliphatic carbocycles. The zero-order valence-electron chi connectivity index (χ0n) is 10.8. The van der Waals surface area contributed by atoms with Crippen LogP contribution in [0.25, 0.3) is 0 Å². The van der Waals surface area contributed by atoms with Gasteiger partial charge in [0.05, 0.1) is 5.56 Å². The normalized spacial score (nSPS) is 10.3. The second-order valence-corrected chi connectivity index (χ2v) is 4.91. The van der Waals surface area contributed by atoms with Crippen molar-refractivity contribution in [3.8, 4) is 5.75 Å². The molecular weight excluding hydrogens is 279 g/mol. The largest absolute Gasteiger partial charge is 0.488 e. The van der Waals surface area contributed by atoms with Crippen molar-refractivity contribution in [1.82, 2.24) is 0 Å². The Morgan fingerprint density at radius 3 is 2.70 bits per heavy atom. The van der Waals surface area contributed by atoms with Crippen molar-refractivity contribution >= 4 is 17.7 Å². The molecule has 0 radical (unpaired) electrons. The van der Waals surface area contributed by atoms with Gasteiger partial charge in [0.25, 0.3) is 0 Å². The fourth-order valence-corrected chi connectivity index (χ4v) is 2.26. The molecule has 0 atom stereocenters. The van der Waals surface area contributed by atoms with Gasteiger partial charge in [-0.3, -0.25) is 0 Å². The standard InChI is InChI=1S/C15H13FO3S/c1-20-14-5-3-2-4-13(14)19-9-10-6-7-11(15(17)18)12(16)8-10/h2-8H,9H2,1H3,(H,17,18). The summed E-state index contributed by atoms with van der Waals surface area (Å²) in [6.07, 6.45) is 1.95. The van der Waals surface area contributed by atoms with Crippen molar-refractivity contribution in [2.75, 3.05) is 6.26 Å². The molecule has 0 heterocycles. The van der Waals surface area contributed by atoms with Gasteiger partial charge >= 0.3 is 5.97 Å². The molecular formula is C15H13FO3S. The van der Waals surface area contributed by atoms with E-state index in [1.165, 1.54) is 12.1 Å². The van der Waals surface area contributed by atoms with E-state index in [0.717, 1.165) is 10.6 Å². The summed E-state index contributed by atoms with van der Waals surface area (Å²) in [6, 6.07) is 11.5. The average molecular weight is 292 g/mol. The highest BCUT2D eigenvalue weighted by Gasteiger charge is 2.10. The van der Waals surface area contributed by atoms with E-state index in [1.807, 2.05) is 30.5 Å². The van der Waals surface area contributed by atoms with E-state index < -0.39 is 11.8 Å². The molecule has 2 aromatic rings. The summed E-state index contributed by atoms with van der Waals surface area (Å²) in [4.78, 5) is 11.7. The van der Waals surface area contributed by atoms with Crippen molar-refractivity contribution < 1.29 is 19.0 Å². The van der Waals surface area contributed by atoms with E-state index >= 15 is 0 Å². The molecule has 3 nitrogen and oxygen atoms in total. The first-order valence-electron chi connectivity index (χ1n) is 5.89. The van der Waals surface area contributed by atoms with Crippen molar-refractivity contribution in [3.63, 3.8) is 0 Å². The molecule has 0 aliphatic heterocycles. The van der Waals surface area contributed by atoms with E-state index in [-0.39, 0.29) is 12.2 Å². The first-order valence-corrected chi connectivity index (χ1v) is 7.12. The number of hydrogen-bond acceptors (Lipinski definition) is 3. The third kappa shape index (κ3) is 3.30. The van der Waals surface area contributed by atoms with Gasteiger partial charge < -0.3 is 9.84 Å². The van der Waals surface area contributed by atoms with Gasteiger partial charge in [0.2, 0.25) is 0 Å². The third-order valence-corrected chi connectivity index (χ3v) is 3.50. The lowest BCUT2D eigenvalue weighted by molar-refractivity contribution is 0.0692. The van der Waals surface area contributed by atoms with Crippen LogP contribution in [0.15, 0.2) is 47.4 Å². The minimum atomic E-state index is -1.28. The summed E-state index contributed by atoms with van der Waals surface area (Å²) in [5.74, 6) is -1.30. The van der Waals surface area contributed by atoms with Gasteiger partial charge in [-0.25, -0.2) is 9.18 Å². The number of rotatable bonds is 5. The number of para-hydroxylation sites is 1. The zero-order chi connectivity index (χ0) is 14.5. The van der Waals surface area contributed by atoms with Gasteiger partial charge in [-0.15, -0.1) is 11.8 Å². The van der Waals surface area contributed by atoms with Crippen LogP contribution >= 0.6 is 11.8 Å². The fourth-order valence-electron chi connectivity index (χ4n) is 1.72. The maximum Gasteiger partial charge on any atom is 0.338 e. The van der Waals surface area contributed by atoms with E-state index in [4.69, 9.17) is 9.84 Å². The summed E-state index contributed by atoms with van der Waals surface area (Å²) in [7, 11) is 0. The van der Waals surface area contributed by atoms with Crippen LogP contribution < -0.4 is 4.74 Å². The molecule has 0 saturated carbocycles. The maximum atomic E-state index is 13.5. The maximum absolute atomic E-state index is 13.5. The average Bonchev–Trinajstić information content (AvgIpc) is 2.45. The Bertz CT molecular complexity index is 628. The first kappa shape index (κ1) is 14.4. The molecule has 0 unspecified atom stereocenters. The number of thioether (sulfide) groups is 1. The van der Waals surface area contributed by atoms with Crippen LogP contribution in [0, 0.1) is 5.82 Å². The number of ether oxygens (including phenoxy) is 1. The highest BCUT2D eigenvalue weighted by molar-refractivity contribution is 7.98. The van der Waals surface area contributed by atoms with Gasteiger partial charge in [0, 0.05) is 4.90 Å². The van der Waals surface area contributed by atoms with Crippen LogP contribution in [0.5, 0.6) is 5.75 Å². The van der Waals surface area contributed by atoms with E-state index in [2.05, 4.69) is 0 Å². The van der Waals surface area contributed by atoms with E-state index in [1.54, 1.807) is 17.8 Å². The minimum absolute atomic E-state index is 0.189. The molecule has 1 N–H and O–H groups in total. The molecule has 0 fully saturated rings. The number of carboxylic acids is 1. The number of halogens is 1. The Morgan fingerprint density at radius 1 is 1.30 bits per heavy atom. The van der Waals surface area contributed by atoms with Gasteiger partial charge in [0.1, 0.15) is 18.2 Å². The highest BCUT2D eigenvalue weighted by Crippen LogP contribution is 2.27. The second kappa shape index (κ2) is 6.43. The van der Waals surface area contributed by atoms with E-state index in [0.29, 0.717) is 5.56 Å². The molecule has 0 aromatic heterocycles. The molecule has 20 heavy (non-hydrogen) atoms. The summed E-state index contributed by atoms with van der Waals surface area (Å²) in [5.41, 5.74) is 0.252. The van der Waals surface area contributed by atoms with Crippen molar-refractivity contribution in [1.29, 1.82) is 0 Å². The molecule has 2 rings (SSSR count). The van der Waals surface area contributed by atoms with E-state index in [9.17, 15) is 9.18 Å². The molecule has 0 bridgehead atoms. The molecule has 0 saturated heterocycles. The van der Waals surface area contributed by atoms with Crippen LogP contribution in [-0.2, 0) is 6.61 Å². The van der Waals surface area contributed by atoms with Crippen molar-refractivity contribution in [2.24, 2.45) is 0 Å². The number of carboxylic acid groups (broad SMARTS) is 1. The van der Waals surface area contributed by atoms with Crippen LogP contribution in [0.2, 0.25) is 0 Å². The summed E-state index contributed by atoms with van der Waals surface area (Å²) < 4.78 is 19.2. The number of hydrogen-bond donors (Lipinski definition) is 1. The Balaban J connectivity index is 2.11. The lowest BCUT2D eigenvalue weighted by Gasteiger charge is -2.10. The molecule has 0 aliphatic rings. The number of aromatic carboxylic acids is 1. The fraction of sp³-hybridized carbons (Fsp3) is 0.133. The lowest BCUT2D eigenvalue weighted by Crippen LogP contribution is -2.03. The topological polar surface area (TPSA) is 46.5 Å². The smallest absolute Gasteiger partial charge is 0.338 e. The quantitative estimate of drug-likeness (QED) is 0.851. The minimum Gasteiger partial charge on any atom is -0.488 e. The van der Waals surface area contributed by atoms with Crippen LogP contribution in [0.1, 0.15) is 15.9 Å². The molecule has 5 heteroatoms. The summed E-state index contributed by atoms with van der Waals surface area (Å²) >= 11 is 1.56. The van der Waals surface area contributed by atoms with Gasteiger partial charge in [-0.1, -0.05) is 18.2 Å². The SMILES string of the molecule is CSc1ccccc1OCc1ccc(C(=O)O)c(F)c1. The lowest BCUT2D eigenvalue weighted by atomic mass is 10.1. The Labute approximate surface area is 120 Å². The van der Waals surface area contributed by atoms with Gasteiger partial charge in [-0.05, 0) is 36.1 Å². The summed E-state index contributed by atoms with van der Waals surface area (Å²) in [5, 5.41) is 8.76. The summed E-state index contributed by atoms with van der Waals surface area (Å²) in [6.45, 7) is 0.189. The predicted octanol–water partition coefficient (Wildman–Crippen LogP) is 3.82. The molecule has 2 aromatic carbocycles. The Hall–Kier alpha value is -2.01. The number of benzene rings is 2. The molecule has 104 valence electrons. The van der Waals surface area contributed by atoms with Crippen LogP contribution in [0.3, 0.4) is 0 Å². The second-order valence-electron chi connectivity index (χ2n) is 4.06. The Kier molecular flexibility index (Phi) is 4.63. The van der Waals surface area contributed by atoms with Gasteiger partial charge in [0.15, 0.2) is 0 Å². The third-order valence-electron chi connectivity index (χ3n) is 2.73. The molecule has 0 spiro atoms. The van der Waals surface area contributed by atoms with Gasteiger partial charge in [-0.2, -0.15) is 0 Å². The van der Waals surface area contributed by atoms with Crippen LogP contribution in [0.4, 0.5) is 4.39 Å². The zero-order valence-corrected chi connectivity index (χ0v) is 11.6.